The van der Waals surface area contributed by atoms with Crippen LogP contribution in [0.2, 0.25) is 10.0 Å². The number of carbonyl (C=O) groups is 2. The largest absolute Gasteiger partial charge is 0.344 e. The fourth-order valence-corrected chi connectivity index (χ4v) is 5.71. The van der Waals surface area contributed by atoms with E-state index in [1.165, 1.54) is 0 Å². The van der Waals surface area contributed by atoms with Crippen LogP contribution in [0.15, 0.2) is 84.2 Å². The van der Waals surface area contributed by atoms with Crippen molar-refractivity contribution in [1.82, 2.24) is 14.7 Å². The second-order valence-corrected chi connectivity index (χ2v) is 10.4. The van der Waals surface area contributed by atoms with E-state index in [-0.39, 0.29) is 11.8 Å². The molecule has 1 saturated heterocycles. The summed E-state index contributed by atoms with van der Waals surface area (Å²) in [6.07, 6.45) is 3.02. The molecule has 38 heavy (non-hydrogen) atoms. The summed E-state index contributed by atoms with van der Waals surface area (Å²) in [7, 11) is 0. The van der Waals surface area contributed by atoms with E-state index < -0.39 is 12.1 Å². The highest BCUT2D eigenvalue weighted by atomic mass is 35.5. The average Bonchev–Trinajstić information content (AvgIpc) is 3.59. The fourth-order valence-electron chi connectivity index (χ4n) is 5.40. The molecule has 2 aliphatic heterocycles. The lowest BCUT2D eigenvalue weighted by Crippen LogP contribution is -2.45. The van der Waals surface area contributed by atoms with Gasteiger partial charge in [0.25, 0.3) is 5.91 Å². The molecule has 0 radical (unpaired) electrons. The van der Waals surface area contributed by atoms with E-state index in [4.69, 9.17) is 23.2 Å². The molecular formula is C29H25Cl2N5O2. The van der Waals surface area contributed by atoms with Gasteiger partial charge < -0.3 is 15.5 Å². The molecule has 0 spiro atoms. The Balaban J connectivity index is 1.31. The van der Waals surface area contributed by atoms with E-state index in [1.807, 2.05) is 61.5 Å². The maximum atomic E-state index is 14.2. The first-order valence-electron chi connectivity index (χ1n) is 12.5. The summed E-state index contributed by atoms with van der Waals surface area (Å²) < 4.78 is 1.76. The van der Waals surface area contributed by atoms with Crippen molar-refractivity contribution in [3.8, 4) is 0 Å². The van der Waals surface area contributed by atoms with Gasteiger partial charge in [0.15, 0.2) is 0 Å². The summed E-state index contributed by atoms with van der Waals surface area (Å²) in [5.41, 5.74) is 2.71. The molecule has 9 heteroatoms. The third kappa shape index (κ3) is 4.31. The van der Waals surface area contributed by atoms with E-state index in [9.17, 15) is 9.59 Å². The first-order chi connectivity index (χ1) is 18.4. The summed E-state index contributed by atoms with van der Waals surface area (Å²) in [6, 6.07) is 19.9. The topological polar surface area (TPSA) is 79.3 Å². The smallest absolute Gasteiger partial charge is 0.254 e. The van der Waals surface area contributed by atoms with Crippen LogP contribution in [0.25, 0.3) is 10.8 Å². The summed E-state index contributed by atoms with van der Waals surface area (Å²) in [5, 5.41) is 13.8. The lowest BCUT2D eigenvalue weighted by molar-refractivity contribution is -0.133. The van der Waals surface area contributed by atoms with Crippen LogP contribution in [-0.4, -0.2) is 39.1 Å². The van der Waals surface area contributed by atoms with Crippen LogP contribution in [0.1, 0.15) is 31.4 Å². The molecule has 3 aromatic carbocycles. The summed E-state index contributed by atoms with van der Waals surface area (Å²) in [6.45, 7) is 2.36. The van der Waals surface area contributed by atoms with Crippen LogP contribution in [0.3, 0.4) is 0 Å². The van der Waals surface area contributed by atoms with Crippen molar-refractivity contribution in [3.63, 3.8) is 0 Å². The monoisotopic (exact) mass is 545 g/mol. The highest BCUT2D eigenvalue weighted by Gasteiger charge is 2.40. The number of halogens is 2. The number of nitrogens with zero attached hydrogens (tertiary/aromatic N) is 3. The molecule has 2 N–H and O–H groups in total. The Hall–Kier alpha value is -3.81. The van der Waals surface area contributed by atoms with Crippen molar-refractivity contribution in [3.05, 3.63) is 99.8 Å². The first kappa shape index (κ1) is 24.5. The lowest BCUT2D eigenvalue weighted by atomic mass is 9.94. The molecule has 4 aromatic rings. The SMILES string of the molecule is CC1=C(C(=O)N2CCC[C@H]2C(=O)Nc2ccc3ccccc3c2)C(c2ccc(Cl)c(Cl)c2)n2nccc2N1. The zero-order chi connectivity index (χ0) is 26.4. The van der Waals surface area contributed by atoms with Gasteiger partial charge in [-0.15, -0.1) is 0 Å². The predicted octanol–water partition coefficient (Wildman–Crippen LogP) is 6.26. The summed E-state index contributed by atoms with van der Waals surface area (Å²) in [4.78, 5) is 29.3. The van der Waals surface area contributed by atoms with Crippen molar-refractivity contribution < 1.29 is 9.59 Å². The first-order valence-corrected chi connectivity index (χ1v) is 13.2. The maximum Gasteiger partial charge on any atom is 0.254 e. The second kappa shape index (κ2) is 9.82. The van der Waals surface area contributed by atoms with Crippen molar-refractivity contribution in [1.29, 1.82) is 0 Å². The lowest BCUT2D eigenvalue weighted by Gasteiger charge is -2.33. The Morgan fingerprint density at radius 3 is 2.63 bits per heavy atom. The van der Waals surface area contributed by atoms with E-state index in [0.717, 1.165) is 28.6 Å². The molecule has 3 heterocycles. The Labute approximate surface area is 230 Å². The molecule has 2 aliphatic rings. The predicted molar refractivity (Wildman–Crippen MR) is 150 cm³/mol. The third-order valence-corrected chi connectivity index (χ3v) is 7.97. The van der Waals surface area contributed by atoms with Crippen molar-refractivity contribution in [2.24, 2.45) is 0 Å². The number of rotatable bonds is 4. The average molecular weight is 546 g/mol. The number of amides is 2. The molecule has 7 nitrogen and oxygen atoms in total. The van der Waals surface area contributed by atoms with E-state index >= 15 is 0 Å². The van der Waals surface area contributed by atoms with Crippen molar-refractivity contribution >= 4 is 57.3 Å². The minimum absolute atomic E-state index is 0.195. The van der Waals surface area contributed by atoms with Crippen LogP contribution in [0.5, 0.6) is 0 Å². The number of fused-ring (bicyclic) bond motifs is 2. The number of nitrogens with one attached hydrogen (secondary N) is 2. The quantitative estimate of drug-likeness (QED) is 0.317. The standard InChI is InChI=1S/C29H25Cl2N5O2/c1-17-26(27(36-25(33-17)12-13-32-36)20-9-11-22(30)23(31)16-20)29(38)35-14-4-7-24(35)28(37)34-21-10-8-18-5-2-3-6-19(18)15-21/h2-3,5-6,8-13,15-16,24,27,33H,4,7,14H2,1H3,(H,34,37)/t24-,27?/m0/s1. The third-order valence-electron chi connectivity index (χ3n) is 7.23. The molecule has 0 saturated carbocycles. The number of benzene rings is 3. The van der Waals surface area contributed by atoms with Gasteiger partial charge in [-0.05, 0) is 60.4 Å². The van der Waals surface area contributed by atoms with Crippen LogP contribution in [-0.2, 0) is 9.59 Å². The number of allylic oxidation sites excluding steroid dienone is 1. The zero-order valence-electron chi connectivity index (χ0n) is 20.6. The van der Waals surface area contributed by atoms with Crippen molar-refractivity contribution in [2.75, 3.05) is 17.2 Å². The van der Waals surface area contributed by atoms with Crippen molar-refractivity contribution in [2.45, 2.75) is 31.8 Å². The maximum absolute atomic E-state index is 14.2. The molecule has 1 aromatic heterocycles. The van der Waals surface area contributed by atoms with E-state index in [1.54, 1.807) is 27.9 Å². The molecule has 1 unspecified atom stereocenters. The Bertz CT molecular complexity index is 1610. The highest BCUT2D eigenvalue weighted by Crippen LogP contribution is 2.39. The normalized spacial score (nSPS) is 18.9. The van der Waals surface area contributed by atoms with Crippen LogP contribution in [0.4, 0.5) is 11.5 Å². The zero-order valence-corrected chi connectivity index (χ0v) is 22.1. The van der Waals surface area contributed by atoms with E-state index in [2.05, 4.69) is 15.7 Å². The van der Waals surface area contributed by atoms with Gasteiger partial charge in [0, 0.05) is 24.0 Å². The van der Waals surface area contributed by atoms with Gasteiger partial charge in [-0.1, -0.05) is 59.6 Å². The molecule has 0 bridgehead atoms. The minimum Gasteiger partial charge on any atom is -0.344 e. The molecule has 0 aliphatic carbocycles. The van der Waals surface area contributed by atoms with Crippen LogP contribution in [0, 0.1) is 0 Å². The van der Waals surface area contributed by atoms with Gasteiger partial charge in [0.2, 0.25) is 5.91 Å². The van der Waals surface area contributed by atoms with Gasteiger partial charge in [0.1, 0.15) is 17.9 Å². The number of likely N-dealkylation sites (tertiary alicyclic amines) is 1. The minimum atomic E-state index is -0.581. The fraction of sp³-hybridized carbons (Fsp3) is 0.207. The molecule has 1 fully saturated rings. The number of hydrogen-bond donors (Lipinski definition) is 2. The number of hydrogen-bond acceptors (Lipinski definition) is 4. The summed E-state index contributed by atoms with van der Waals surface area (Å²) in [5.74, 6) is 0.365. The molecule has 192 valence electrons. The second-order valence-electron chi connectivity index (χ2n) is 9.61. The van der Waals surface area contributed by atoms with Gasteiger partial charge in [-0.3, -0.25) is 9.59 Å². The van der Waals surface area contributed by atoms with Crippen LogP contribution >= 0.6 is 23.2 Å². The number of aromatic nitrogens is 2. The van der Waals surface area contributed by atoms with Crippen LogP contribution < -0.4 is 10.6 Å². The Morgan fingerprint density at radius 1 is 1.00 bits per heavy atom. The molecule has 6 rings (SSSR count). The van der Waals surface area contributed by atoms with E-state index in [0.29, 0.717) is 40.0 Å². The molecule has 2 atom stereocenters. The molecular weight excluding hydrogens is 521 g/mol. The van der Waals surface area contributed by atoms with Gasteiger partial charge in [0.05, 0.1) is 21.8 Å². The Kier molecular flexibility index (Phi) is 6.33. The number of anilines is 2. The number of carbonyl (C=O) groups excluding carboxylic acids is 2. The van der Waals surface area contributed by atoms with Gasteiger partial charge in [-0.25, -0.2) is 4.68 Å². The highest BCUT2D eigenvalue weighted by molar-refractivity contribution is 6.42. The molecule has 2 amide bonds. The summed E-state index contributed by atoms with van der Waals surface area (Å²) >= 11 is 12.5. The Morgan fingerprint density at radius 2 is 1.82 bits per heavy atom. The van der Waals surface area contributed by atoms with Gasteiger partial charge >= 0.3 is 0 Å². The van der Waals surface area contributed by atoms with Gasteiger partial charge in [-0.2, -0.15) is 5.10 Å².